The first-order valence-electron chi connectivity index (χ1n) is 8.75. The molecule has 9 nitrogen and oxygen atoms in total. The summed E-state index contributed by atoms with van der Waals surface area (Å²) in [4.78, 5) is 16.0. The van der Waals surface area contributed by atoms with Gasteiger partial charge in [0.1, 0.15) is 5.75 Å². The van der Waals surface area contributed by atoms with Crippen LogP contribution in [0.5, 0.6) is 11.6 Å². The molecule has 0 saturated carbocycles. The number of nitrogens with zero attached hydrogens (tertiary/aromatic N) is 3. The molecule has 1 aromatic carbocycles. The molecule has 10 heteroatoms. The summed E-state index contributed by atoms with van der Waals surface area (Å²) in [7, 11) is -2.65. The lowest BCUT2D eigenvalue weighted by Gasteiger charge is -2.08. The van der Waals surface area contributed by atoms with Gasteiger partial charge in [-0.05, 0) is 43.3 Å². The van der Waals surface area contributed by atoms with Crippen molar-refractivity contribution in [2.45, 2.75) is 13.5 Å². The number of ether oxygens (including phenoxy) is 1. The molecule has 0 radical (unpaired) electrons. The molecule has 4 rings (SSSR count). The molecule has 0 aliphatic rings. The summed E-state index contributed by atoms with van der Waals surface area (Å²) in [5, 5.41) is 4.11. The highest BCUT2D eigenvalue weighted by molar-refractivity contribution is 7.70. The lowest BCUT2D eigenvalue weighted by molar-refractivity contribution is 0.463. The molecule has 0 aliphatic carbocycles. The van der Waals surface area contributed by atoms with Gasteiger partial charge in [-0.2, -0.15) is 4.98 Å². The lowest BCUT2D eigenvalue weighted by atomic mass is 10.2. The number of pyridine rings is 1. The maximum atomic E-state index is 10.6. The zero-order chi connectivity index (χ0) is 20.2. The fourth-order valence-electron chi connectivity index (χ4n) is 2.78. The fraction of sp³-hybridized carbons (Fsp3) is 0.105. The number of hydrogen-bond acceptors (Lipinski definition) is 7. The molecule has 3 heterocycles. The number of nitrogens with one attached hydrogen (secondary N) is 3. The molecule has 3 aromatic heterocycles. The van der Waals surface area contributed by atoms with Crippen LogP contribution >= 0.6 is 0 Å². The molecule has 148 valence electrons. The first kappa shape index (κ1) is 18.8. The second-order valence-corrected chi connectivity index (χ2v) is 7.11. The van der Waals surface area contributed by atoms with Gasteiger partial charge < -0.3 is 15.0 Å². The van der Waals surface area contributed by atoms with Gasteiger partial charge in [0, 0.05) is 28.9 Å². The molecule has 3 N–H and O–H groups in total. The van der Waals surface area contributed by atoms with E-state index in [1.54, 1.807) is 30.6 Å². The van der Waals surface area contributed by atoms with E-state index >= 15 is 0 Å². The average Bonchev–Trinajstić information content (AvgIpc) is 3.07. The van der Waals surface area contributed by atoms with Crippen LogP contribution in [0.3, 0.4) is 0 Å². The van der Waals surface area contributed by atoms with Crippen molar-refractivity contribution in [3.63, 3.8) is 0 Å². The van der Waals surface area contributed by atoms with Gasteiger partial charge in [-0.3, -0.25) is 4.98 Å². The molecule has 0 saturated heterocycles. The molecular weight excluding hydrogens is 392 g/mol. The van der Waals surface area contributed by atoms with E-state index in [9.17, 15) is 8.42 Å². The van der Waals surface area contributed by atoms with E-state index in [0.29, 0.717) is 29.0 Å². The Labute approximate surface area is 168 Å². The summed E-state index contributed by atoms with van der Waals surface area (Å²) in [5.74, 6) is 1.44. The number of benzene rings is 1. The third kappa shape index (κ3) is 4.86. The Balaban J connectivity index is 1.45. The predicted molar refractivity (Wildman–Crippen MR) is 110 cm³/mol. The lowest BCUT2D eigenvalue weighted by Crippen LogP contribution is -2.11. The Morgan fingerprint density at radius 2 is 2.00 bits per heavy atom. The molecular formula is C19H18N6O3S. The SMILES string of the molecule is Cc1cc2cc(Oc3ccnc(Nc4ccc(CN[SH](=O)=O)nc4)n3)ccc2[nH]1. The van der Waals surface area contributed by atoms with Crippen molar-refractivity contribution in [1.29, 1.82) is 0 Å². The molecule has 4 aromatic rings. The van der Waals surface area contributed by atoms with Crippen molar-refractivity contribution < 1.29 is 13.2 Å². The van der Waals surface area contributed by atoms with Crippen molar-refractivity contribution in [3.05, 3.63) is 66.2 Å². The van der Waals surface area contributed by atoms with Crippen LogP contribution in [0.1, 0.15) is 11.4 Å². The number of rotatable bonds is 7. The maximum absolute atomic E-state index is 10.6. The summed E-state index contributed by atoms with van der Waals surface area (Å²) in [5.41, 5.74) is 3.40. The summed E-state index contributed by atoms with van der Waals surface area (Å²) in [6.45, 7) is 2.15. The minimum absolute atomic E-state index is 0.143. The largest absolute Gasteiger partial charge is 0.439 e. The van der Waals surface area contributed by atoms with Crippen LogP contribution in [-0.2, 0) is 17.4 Å². The van der Waals surface area contributed by atoms with Gasteiger partial charge in [0.05, 0.1) is 24.1 Å². The molecule has 0 bridgehead atoms. The number of thiol groups is 1. The van der Waals surface area contributed by atoms with Gasteiger partial charge >= 0.3 is 0 Å². The van der Waals surface area contributed by atoms with Gasteiger partial charge in [0.15, 0.2) is 0 Å². The monoisotopic (exact) mass is 410 g/mol. The molecule has 0 amide bonds. The van der Waals surface area contributed by atoms with Crippen molar-refractivity contribution in [1.82, 2.24) is 24.7 Å². The second-order valence-electron chi connectivity index (χ2n) is 6.28. The molecule has 0 spiro atoms. The van der Waals surface area contributed by atoms with Crippen molar-refractivity contribution in [2.24, 2.45) is 0 Å². The second kappa shape index (κ2) is 8.25. The van der Waals surface area contributed by atoms with E-state index < -0.39 is 10.9 Å². The van der Waals surface area contributed by atoms with Gasteiger partial charge in [0.2, 0.25) is 22.7 Å². The van der Waals surface area contributed by atoms with Crippen LogP contribution in [0.25, 0.3) is 10.9 Å². The number of hydrogen-bond donors (Lipinski definition) is 4. The van der Waals surface area contributed by atoms with Gasteiger partial charge in [-0.15, -0.1) is 0 Å². The summed E-state index contributed by atoms with van der Waals surface area (Å²) in [6, 6.07) is 13.0. The first-order chi connectivity index (χ1) is 14.0. The van der Waals surface area contributed by atoms with Crippen LogP contribution in [-0.4, -0.2) is 28.4 Å². The predicted octanol–water partition coefficient (Wildman–Crippen LogP) is 2.81. The molecule has 0 atom stereocenters. The standard InChI is InChI=1S/C19H18N6O3S/c1-12-8-13-9-16(4-5-17(13)23-12)28-18-6-7-20-19(25-18)24-15-3-2-14(21-10-15)11-22-29(26)27/h2-10,23,29H,11H2,1H3,(H,20,24,25)(H,22,26,27). The van der Waals surface area contributed by atoms with Crippen molar-refractivity contribution >= 4 is 33.4 Å². The molecule has 0 fully saturated rings. The summed E-state index contributed by atoms with van der Waals surface area (Å²) >= 11 is 0. The third-order valence-electron chi connectivity index (χ3n) is 4.05. The number of anilines is 2. The van der Waals surface area contributed by atoms with E-state index in [-0.39, 0.29) is 6.54 Å². The highest BCUT2D eigenvalue weighted by Crippen LogP contribution is 2.25. The maximum Gasteiger partial charge on any atom is 0.230 e. The Hall–Kier alpha value is -3.50. The Bertz CT molecular complexity index is 1210. The number of H-pyrrole nitrogens is 1. The average molecular weight is 410 g/mol. The van der Waals surface area contributed by atoms with E-state index in [4.69, 9.17) is 4.74 Å². The minimum Gasteiger partial charge on any atom is -0.439 e. The van der Waals surface area contributed by atoms with E-state index in [2.05, 4.69) is 36.0 Å². The third-order valence-corrected chi connectivity index (χ3v) is 4.47. The molecule has 0 aliphatic heterocycles. The molecule has 0 unspecified atom stereocenters. The van der Waals surface area contributed by atoms with Gasteiger partial charge in [0.25, 0.3) is 0 Å². The number of fused-ring (bicyclic) bond motifs is 1. The zero-order valence-electron chi connectivity index (χ0n) is 15.4. The van der Waals surface area contributed by atoms with Gasteiger partial charge in [-0.1, -0.05) is 0 Å². The first-order valence-corrected chi connectivity index (χ1v) is 9.93. The van der Waals surface area contributed by atoms with Crippen LogP contribution in [0.15, 0.2) is 54.9 Å². The zero-order valence-corrected chi connectivity index (χ0v) is 16.3. The summed E-state index contributed by atoms with van der Waals surface area (Å²) < 4.78 is 29.3. The van der Waals surface area contributed by atoms with E-state index in [1.165, 1.54) is 0 Å². The molecule has 29 heavy (non-hydrogen) atoms. The number of aromatic amines is 1. The Morgan fingerprint density at radius 1 is 1.10 bits per heavy atom. The van der Waals surface area contributed by atoms with Crippen LogP contribution in [0.2, 0.25) is 0 Å². The highest BCUT2D eigenvalue weighted by atomic mass is 32.2. The Morgan fingerprint density at radius 3 is 2.79 bits per heavy atom. The summed E-state index contributed by atoms with van der Waals surface area (Å²) in [6.07, 6.45) is 3.17. The van der Waals surface area contributed by atoms with Crippen LogP contribution < -0.4 is 14.8 Å². The van der Waals surface area contributed by atoms with Crippen molar-refractivity contribution in [3.8, 4) is 11.6 Å². The normalized spacial score (nSPS) is 11.1. The van der Waals surface area contributed by atoms with Gasteiger partial charge in [-0.25, -0.2) is 18.1 Å². The highest BCUT2D eigenvalue weighted by Gasteiger charge is 2.05. The fourth-order valence-corrected chi connectivity index (χ4v) is 3.07. The number of aryl methyl sites for hydroxylation is 1. The van der Waals surface area contributed by atoms with E-state index in [0.717, 1.165) is 16.6 Å². The minimum atomic E-state index is -2.65. The van der Waals surface area contributed by atoms with Crippen LogP contribution in [0, 0.1) is 6.92 Å². The smallest absolute Gasteiger partial charge is 0.230 e. The quantitative estimate of drug-likeness (QED) is 0.346. The van der Waals surface area contributed by atoms with Crippen LogP contribution in [0.4, 0.5) is 11.6 Å². The topological polar surface area (TPSA) is 122 Å². The number of aromatic nitrogens is 4. The van der Waals surface area contributed by atoms with E-state index in [1.807, 2.05) is 25.1 Å². The Kier molecular flexibility index (Phi) is 5.36. The van der Waals surface area contributed by atoms with Crippen molar-refractivity contribution in [2.75, 3.05) is 5.32 Å².